The fourth-order valence-electron chi connectivity index (χ4n) is 4.86. The molecule has 2 aliphatic carbocycles. The van der Waals surface area contributed by atoms with Gasteiger partial charge >= 0.3 is 0 Å². The number of amidine groups is 1. The number of anilines is 1. The number of thioether (sulfide) groups is 1. The lowest BCUT2D eigenvalue weighted by Gasteiger charge is -2.34. The van der Waals surface area contributed by atoms with Crippen LogP contribution in [0.3, 0.4) is 0 Å². The molecule has 2 aliphatic heterocycles. The zero-order chi connectivity index (χ0) is 18.6. The Bertz CT molecular complexity index is 773. The lowest BCUT2D eigenvalue weighted by atomic mass is 9.83. The largest absolute Gasteiger partial charge is 0.379 e. The van der Waals surface area contributed by atoms with Crippen LogP contribution in [0.2, 0.25) is 0 Å². The molecule has 1 amide bonds. The highest BCUT2D eigenvalue weighted by molar-refractivity contribution is 8.13. The number of hydrogen-bond acceptors (Lipinski definition) is 7. The smallest absolute Gasteiger partial charge is 0.225 e. The van der Waals surface area contributed by atoms with Crippen LogP contribution in [0.25, 0.3) is 0 Å². The van der Waals surface area contributed by atoms with Crippen molar-refractivity contribution in [3.8, 4) is 0 Å². The highest BCUT2D eigenvalue weighted by Crippen LogP contribution is 2.56. The zero-order valence-corrected chi connectivity index (χ0v) is 16.4. The van der Waals surface area contributed by atoms with Crippen LogP contribution in [0.15, 0.2) is 23.5 Å². The van der Waals surface area contributed by atoms with Crippen LogP contribution in [0.5, 0.6) is 0 Å². The second-order valence-electron chi connectivity index (χ2n) is 8.55. The molecule has 1 aromatic heterocycles. The fraction of sp³-hybridized carbons (Fsp3) is 0.684. The van der Waals surface area contributed by atoms with Gasteiger partial charge in [0.1, 0.15) is 0 Å². The second-order valence-corrected chi connectivity index (χ2v) is 9.59. The van der Waals surface area contributed by atoms with Crippen molar-refractivity contribution in [3.63, 3.8) is 0 Å². The Balaban J connectivity index is 1.32. The van der Waals surface area contributed by atoms with Crippen LogP contribution >= 0.6 is 11.8 Å². The van der Waals surface area contributed by atoms with E-state index in [0.717, 1.165) is 43.7 Å². The first-order valence-electron chi connectivity index (χ1n) is 9.84. The molecule has 5 rings (SSSR count). The van der Waals surface area contributed by atoms with Crippen LogP contribution in [-0.2, 0) is 4.79 Å². The number of nitrogens with two attached hydrogens (primary N) is 1. The van der Waals surface area contributed by atoms with Gasteiger partial charge in [0.25, 0.3) is 0 Å². The number of aromatic nitrogens is 2. The monoisotopic (exact) mass is 386 g/mol. The summed E-state index contributed by atoms with van der Waals surface area (Å²) in [7, 11) is 0. The zero-order valence-electron chi connectivity index (χ0n) is 15.5. The molecule has 0 unspecified atom stereocenters. The molecule has 0 radical (unpaired) electrons. The number of rotatable bonds is 5. The number of amides is 1. The number of hydrogen-bond donors (Lipinski definition) is 2. The van der Waals surface area contributed by atoms with Crippen LogP contribution in [0, 0.1) is 29.6 Å². The van der Waals surface area contributed by atoms with Gasteiger partial charge in [-0.25, -0.2) is 9.97 Å². The van der Waals surface area contributed by atoms with Gasteiger partial charge in [-0.05, 0) is 36.7 Å². The summed E-state index contributed by atoms with van der Waals surface area (Å²) in [5.74, 6) is 4.05. The number of aliphatic imine (C=N–C) groups is 1. The van der Waals surface area contributed by atoms with E-state index in [2.05, 4.69) is 27.1 Å². The average molecular weight is 387 g/mol. The lowest BCUT2D eigenvalue weighted by molar-refractivity contribution is -0.122. The van der Waals surface area contributed by atoms with E-state index < -0.39 is 0 Å². The van der Waals surface area contributed by atoms with Gasteiger partial charge in [0, 0.05) is 49.6 Å². The summed E-state index contributed by atoms with van der Waals surface area (Å²) < 4.78 is 0. The first kappa shape index (κ1) is 17.3. The third-order valence-corrected chi connectivity index (χ3v) is 7.72. The van der Waals surface area contributed by atoms with Crippen LogP contribution in [0.1, 0.15) is 19.8 Å². The Morgan fingerprint density at radius 1 is 1.41 bits per heavy atom. The molecule has 1 aromatic rings. The van der Waals surface area contributed by atoms with Gasteiger partial charge in [-0.1, -0.05) is 18.7 Å². The first-order chi connectivity index (χ1) is 13.1. The second kappa shape index (κ2) is 6.36. The summed E-state index contributed by atoms with van der Waals surface area (Å²) >= 11 is 1.63. The topological polar surface area (TPSA) is 96.5 Å². The molecule has 27 heavy (non-hydrogen) atoms. The minimum Gasteiger partial charge on any atom is -0.379 e. The molecule has 7 nitrogen and oxygen atoms in total. The molecule has 0 spiro atoms. The number of carbonyl (C=O) groups is 1. The molecule has 0 aromatic carbocycles. The van der Waals surface area contributed by atoms with Crippen molar-refractivity contribution >= 4 is 28.8 Å². The summed E-state index contributed by atoms with van der Waals surface area (Å²) in [6, 6.07) is 1.83. The van der Waals surface area contributed by atoms with Gasteiger partial charge in [0.2, 0.25) is 11.9 Å². The third-order valence-electron chi connectivity index (χ3n) is 6.76. The van der Waals surface area contributed by atoms with E-state index in [0.29, 0.717) is 17.0 Å². The molecule has 3 fully saturated rings. The normalized spacial score (nSPS) is 39.5. The van der Waals surface area contributed by atoms with Gasteiger partial charge in [-0.2, -0.15) is 0 Å². The number of nitrogens with one attached hydrogen (secondary N) is 1. The Morgan fingerprint density at radius 2 is 2.19 bits per heavy atom. The Labute approximate surface area is 163 Å². The van der Waals surface area contributed by atoms with E-state index in [1.807, 2.05) is 6.07 Å². The summed E-state index contributed by atoms with van der Waals surface area (Å²) in [6.45, 7) is 4.69. The molecular formula is C19H26N6OS. The molecule has 144 valence electrons. The molecule has 0 bridgehead atoms. The summed E-state index contributed by atoms with van der Waals surface area (Å²) in [4.78, 5) is 28.7. The average Bonchev–Trinajstić information content (AvgIpc) is 3.58. The van der Waals surface area contributed by atoms with Crippen molar-refractivity contribution in [2.45, 2.75) is 25.3 Å². The van der Waals surface area contributed by atoms with Crippen molar-refractivity contribution in [1.82, 2.24) is 15.3 Å². The van der Waals surface area contributed by atoms with Crippen molar-refractivity contribution in [2.24, 2.45) is 40.3 Å². The van der Waals surface area contributed by atoms with Crippen molar-refractivity contribution in [3.05, 3.63) is 18.5 Å². The van der Waals surface area contributed by atoms with Gasteiger partial charge in [-0.3, -0.25) is 9.79 Å². The highest BCUT2D eigenvalue weighted by Gasteiger charge is 2.63. The van der Waals surface area contributed by atoms with E-state index >= 15 is 0 Å². The van der Waals surface area contributed by atoms with Gasteiger partial charge in [-0.15, -0.1) is 0 Å². The molecule has 8 heteroatoms. The molecule has 3 heterocycles. The quantitative estimate of drug-likeness (QED) is 0.787. The molecule has 4 aliphatic rings. The predicted octanol–water partition coefficient (Wildman–Crippen LogP) is 1.12. The predicted molar refractivity (Wildman–Crippen MR) is 106 cm³/mol. The van der Waals surface area contributed by atoms with E-state index in [-0.39, 0.29) is 23.3 Å². The summed E-state index contributed by atoms with van der Waals surface area (Å²) in [5.41, 5.74) is 5.86. The van der Waals surface area contributed by atoms with Crippen molar-refractivity contribution < 1.29 is 4.79 Å². The fourth-order valence-corrected chi connectivity index (χ4v) is 5.86. The number of fused-ring (bicyclic) bond motifs is 1. The maximum absolute atomic E-state index is 12.7. The standard InChI is InChI=1S/C19H26N6OS/c1-11-5-12(11)7-23-16(26)14-6-15(14)19-10-25(18-21-3-2-4-22-18)8-13(19)9-27-17(20)24-19/h2-4,11-15H,5-10H2,1H3,(H2,20,24)(H,23,26)/t11-,12+,13+,14-,15-,19+/m1/s1. The van der Waals surface area contributed by atoms with E-state index in [1.165, 1.54) is 6.42 Å². The number of carbonyl (C=O) groups excluding carboxylic acids is 1. The van der Waals surface area contributed by atoms with Crippen LogP contribution < -0.4 is 16.0 Å². The van der Waals surface area contributed by atoms with Gasteiger partial charge in [0.15, 0.2) is 5.17 Å². The maximum Gasteiger partial charge on any atom is 0.225 e. The Hall–Kier alpha value is -1.83. The van der Waals surface area contributed by atoms with Gasteiger partial charge < -0.3 is 16.0 Å². The molecule has 3 N–H and O–H groups in total. The van der Waals surface area contributed by atoms with E-state index in [4.69, 9.17) is 10.7 Å². The first-order valence-corrected chi connectivity index (χ1v) is 10.8. The van der Waals surface area contributed by atoms with E-state index in [1.54, 1.807) is 24.2 Å². The molecule has 2 saturated carbocycles. The van der Waals surface area contributed by atoms with E-state index in [9.17, 15) is 4.79 Å². The molecule has 6 atom stereocenters. The molecular weight excluding hydrogens is 360 g/mol. The highest BCUT2D eigenvalue weighted by atomic mass is 32.2. The third kappa shape index (κ3) is 3.07. The summed E-state index contributed by atoms with van der Waals surface area (Å²) in [5, 5.41) is 3.83. The summed E-state index contributed by atoms with van der Waals surface area (Å²) in [6.07, 6.45) is 5.70. The Kier molecular flexibility index (Phi) is 4.07. The van der Waals surface area contributed by atoms with Crippen molar-refractivity contribution in [1.29, 1.82) is 0 Å². The van der Waals surface area contributed by atoms with Crippen LogP contribution in [0.4, 0.5) is 5.95 Å². The van der Waals surface area contributed by atoms with Gasteiger partial charge in [0.05, 0.1) is 5.54 Å². The van der Waals surface area contributed by atoms with Crippen molar-refractivity contribution in [2.75, 3.05) is 30.3 Å². The lowest BCUT2D eigenvalue weighted by Crippen LogP contribution is -2.46. The minimum atomic E-state index is -0.274. The maximum atomic E-state index is 12.7. The Morgan fingerprint density at radius 3 is 2.93 bits per heavy atom. The van der Waals surface area contributed by atoms with Crippen LogP contribution in [-0.4, -0.2) is 52.0 Å². The SMILES string of the molecule is C[C@@H]1C[C@H]1CNC(=O)[C@@H]1C[C@H]1[C@]12CN(c3ncccn3)C[C@H]1CSC(N)=N2. The molecule has 1 saturated heterocycles. The minimum absolute atomic E-state index is 0.0675. The number of nitrogens with zero attached hydrogens (tertiary/aromatic N) is 4.